The van der Waals surface area contributed by atoms with Crippen LogP contribution >= 0.6 is 0 Å². The molecular weight excluding hydrogens is 354 g/mol. The SMILES string of the molecule is COC(=O)c1ccc(Oc2ncnc(OC3CCCCC3)c2[N+](=O)[O-])cc1. The fourth-order valence-corrected chi connectivity index (χ4v) is 2.89. The van der Waals surface area contributed by atoms with Gasteiger partial charge in [-0.3, -0.25) is 10.1 Å². The van der Waals surface area contributed by atoms with Gasteiger partial charge in [0.15, 0.2) is 0 Å². The molecule has 1 aromatic carbocycles. The van der Waals surface area contributed by atoms with Crippen molar-refractivity contribution in [1.29, 1.82) is 0 Å². The average molecular weight is 373 g/mol. The van der Waals surface area contributed by atoms with Crippen molar-refractivity contribution < 1.29 is 23.9 Å². The van der Waals surface area contributed by atoms with E-state index in [1.165, 1.54) is 37.7 Å². The molecule has 3 rings (SSSR count). The van der Waals surface area contributed by atoms with Crippen LogP contribution in [0, 0.1) is 10.1 Å². The van der Waals surface area contributed by atoms with Gasteiger partial charge in [-0.1, -0.05) is 6.42 Å². The van der Waals surface area contributed by atoms with Crippen molar-refractivity contribution in [2.75, 3.05) is 7.11 Å². The first-order valence-corrected chi connectivity index (χ1v) is 8.60. The monoisotopic (exact) mass is 373 g/mol. The Bertz CT molecular complexity index is 818. The van der Waals surface area contributed by atoms with Gasteiger partial charge >= 0.3 is 23.4 Å². The minimum Gasteiger partial charge on any atom is -0.469 e. The van der Waals surface area contributed by atoms with E-state index in [9.17, 15) is 14.9 Å². The summed E-state index contributed by atoms with van der Waals surface area (Å²) < 4.78 is 15.9. The number of carbonyl (C=O) groups excluding carboxylic acids is 1. The van der Waals surface area contributed by atoms with Gasteiger partial charge in [0.2, 0.25) is 0 Å². The number of methoxy groups -OCH3 is 1. The van der Waals surface area contributed by atoms with E-state index in [0.29, 0.717) is 5.56 Å². The molecule has 1 heterocycles. The number of aromatic nitrogens is 2. The molecule has 9 heteroatoms. The van der Waals surface area contributed by atoms with Crippen molar-refractivity contribution in [3.63, 3.8) is 0 Å². The topological polar surface area (TPSA) is 114 Å². The second-order valence-electron chi connectivity index (χ2n) is 6.09. The van der Waals surface area contributed by atoms with Crippen molar-refractivity contribution >= 4 is 11.7 Å². The third kappa shape index (κ3) is 4.49. The van der Waals surface area contributed by atoms with Crippen LogP contribution in [0.4, 0.5) is 5.69 Å². The Hall–Kier alpha value is -3.23. The summed E-state index contributed by atoms with van der Waals surface area (Å²) >= 11 is 0. The van der Waals surface area contributed by atoms with Gasteiger partial charge in [-0.25, -0.2) is 4.79 Å². The molecule has 0 saturated heterocycles. The molecule has 2 aromatic rings. The third-order valence-corrected chi connectivity index (χ3v) is 4.26. The van der Waals surface area contributed by atoms with E-state index < -0.39 is 16.6 Å². The predicted molar refractivity (Wildman–Crippen MR) is 94.0 cm³/mol. The number of carbonyl (C=O) groups is 1. The van der Waals surface area contributed by atoms with E-state index in [4.69, 9.17) is 9.47 Å². The van der Waals surface area contributed by atoms with Gasteiger partial charge in [-0.2, -0.15) is 9.97 Å². The van der Waals surface area contributed by atoms with Gasteiger partial charge in [-0.05, 0) is 49.9 Å². The summed E-state index contributed by atoms with van der Waals surface area (Å²) in [5.74, 6) is -0.513. The van der Waals surface area contributed by atoms with Gasteiger partial charge in [0, 0.05) is 0 Å². The van der Waals surface area contributed by atoms with Crippen molar-refractivity contribution in [3.8, 4) is 17.5 Å². The lowest BCUT2D eigenvalue weighted by Gasteiger charge is -2.22. The lowest BCUT2D eigenvalue weighted by atomic mass is 9.98. The smallest absolute Gasteiger partial charge is 0.392 e. The Morgan fingerprint density at radius 2 is 1.78 bits per heavy atom. The summed E-state index contributed by atoms with van der Waals surface area (Å²) in [5, 5.41) is 11.6. The quantitative estimate of drug-likeness (QED) is 0.428. The molecule has 0 spiro atoms. The second kappa shape index (κ2) is 8.43. The molecular formula is C18H19N3O6. The molecule has 142 valence electrons. The van der Waals surface area contributed by atoms with Crippen LogP contribution in [0.25, 0.3) is 0 Å². The Balaban J connectivity index is 1.83. The van der Waals surface area contributed by atoms with E-state index in [2.05, 4.69) is 14.7 Å². The van der Waals surface area contributed by atoms with Crippen molar-refractivity contribution in [1.82, 2.24) is 9.97 Å². The number of benzene rings is 1. The Labute approximate surface area is 155 Å². The highest BCUT2D eigenvalue weighted by Gasteiger charge is 2.29. The van der Waals surface area contributed by atoms with Crippen LogP contribution in [-0.2, 0) is 4.74 Å². The molecule has 27 heavy (non-hydrogen) atoms. The van der Waals surface area contributed by atoms with Crippen LogP contribution in [-0.4, -0.2) is 34.1 Å². The Morgan fingerprint density at radius 3 is 2.41 bits per heavy atom. The first-order valence-electron chi connectivity index (χ1n) is 8.60. The zero-order chi connectivity index (χ0) is 19.2. The van der Waals surface area contributed by atoms with Crippen molar-refractivity contribution in [2.45, 2.75) is 38.2 Å². The normalized spacial score (nSPS) is 14.4. The number of hydrogen-bond donors (Lipinski definition) is 0. The van der Waals surface area contributed by atoms with E-state index in [0.717, 1.165) is 32.1 Å². The van der Waals surface area contributed by atoms with Gasteiger partial charge in [-0.15, -0.1) is 0 Å². The molecule has 1 aliphatic rings. The summed E-state index contributed by atoms with van der Waals surface area (Å²) in [6.07, 6.45) is 5.95. The van der Waals surface area contributed by atoms with Crippen LogP contribution in [0.1, 0.15) is 42.5 Å². The minimum absolute atomic E-state index is 0.0944. The van der Waals surface area contributed by atoms with Crippen LogP contribution in [0.5, 0.6) is 17.5 Å². The fraction of sp³-hybridized carbons (Fsp3) is 0.389. The summed E-state index contributed by atoms with van der Waals surface area (Å²) in [5.41, 5.74) is -0.0801. The maximum atomic E-state index is 11.6. The summed E-state index contributed by atoms with van der Waals surface area (Å²) in [7, 11) is 1.28. The highest BCUT2D eigenvalue weighted by molar-refractivity contribution is 5.89. The maximum Gasteiger partial charge on any atom is 0.392 e. The lowest BCUT2D eigenvalue weighted by Crippen LogP contribution is -2.21. The lowest BCUT2D eigenvalue weighted by molar-refractivity contribution is -0.387. The van der Waals surface area contributed by atoms with E-state index in [1.54, 1.807) is 0 Å². The molecule has 1 aliphatic carbocycles. The summed E-state index contributed by atoms with van der Waals surface area (Å²) in [6, 6.07) is 5.99. The largest absolute Gasteiger partial charge is 0.469 e. The van der Waals surface area contributed by atoms with Gasteiger partial charge in [0.1, 0.15) is 18.2 Å². The third-order valence-electron chi connectivity index (χ3n) is 4.26. The van der Waals surface area contributed by atoms with Gasteiger partial charge < -0.3 is 14.2 Å². The molecule has 0 atom stereocenters. The zero-order valence-electron chi connectivity index (χ0n) is 14.8. The Kier molecular flexibility index (Phi) is 5.80. The van der Waals surface area contributed by atoms with Crippen LogP contribution < -0.4 is 9.47 Å². The summed E-state index contributed by atoms with van der Waals surface area (Å²) in [4.78, 5) is 30.2. The molecule has 0 radical (unpaired) electrons. The molecule has 0 amide bonds. The predicted octanol–water partition coefficient (Wildman–Crippen LogP) is 3.68. The van der Waals surface area contributed by atoms with E-state index >= 15 is 0 Å². The van der Waals surface area contributed by atoms with E-state index in [-0.39, 0.29) is 23.6 Å². The number of hydrogen-bond acceptors (Lipinski definition) is 8. The minimum atomic E-state index is -0.615. The molecule has 0 unspecified atom stereocenters. The van der Waals surface area contributed by atoms with Crippen LogP contribution in [0.15, 0.2) is 30.6 Å². The van der Waals surface area contributed by atoms with Gasteiger partial charge in [0.05, 0.1) is 17.6 Å². The van der Waals surface area contributed by atoms with Crippen molar-refractivity contribution in [3.05, 3.63) is 46.3 Å². The maximum absolute atomic E-state index is 11.6. The zero-order valence-corrected chi connectivity index (χ0v) is 14.8. The number of esters is 1. The molecule has 9 nitrogen and oxygen atoms in total. The number of rotatable bonds is 6. The standard InChI is InChI=1S/C18H19N3O6/c1-25-18(22)12-7-9-14(10-8-12)27-17-15(21(23)24)16(19-11-20-17)26-13-5-3-2-4-6-13/h7-11,13H,2-6H2,1H3. The fourth-order valence-electron chi connectivity index (χ4n) is 2.89. The van der Waals surface area contributed by atoms with Crippen molar-refractivity contribution in [2.24, 2.45) is 0 Å². The molecule has 1 fully saturated rings. The number of nitrogens with zero attached hydrogens (tertiary/aromatic N) is 3. The number of ether oxygens (including phenoxy) is 3. The highest BCUT2D eigenvalue weighted by atomic mass is 16.6. The Morgan fingerprint density at radius 1 is 1.11 bits per heavy atom. The highest BCUT2D eigenvalue weighted by Crippen LogP contribution is 2.37. The van der Waals surface area contributed by atoms with Crippen LogP contribution in [0.2, 0.25) is 0 Å². The first kappa shape index (κ1) is 18.6. The van der Waals surface area contributed by atoms with Gasteiger partial charge in [0.25, 0.3) is 0 Å². The molecule has 0 aliphatic heterocycles. The summed E-state index contributed by atoms with van der Waals surface area (Å²) in [6.45, 7) is 0. The van der Waals surface area contributed by atoms with Crippen LogP contribution in [0.3, 0.4) is 0 Å². The molecule has 1 aromatic heterocycles. The molecule has 1 saturated carbocycles. The molecule has 0 bridgehead atoms. The van der Waals surface area contributed by atoms with E-state index in [1.807, 2.05) is 0 Å². The molecule has 0 N–H and O–H groups in total. The average Bonchev–Trinajstić information content (AvgIpc) is 2.68. The first-order chi connectivity index (χ1) is 13.1. The second-order valence-corrected chi connectivity index (χ2v) is 6.09. The number of nitro groups is 1.